The van der Waals surface area contributed by atoms with E-state index in [2.05, 4.69) is 5.32 Å². The highest BCUT2D eigenvalue weighted by Gasteiger charge is 2.36. The summed E-state index contributed by atoms with van der Waals surface area (Å²) in [7, 11) is 1.48. The summed E-state index contributed by atoms with van der Waals surface area (Å²) in [6.45, 7) is -0.267. The number of nitrogens with one attached hydrogen (secondary N) is 1. The third kappa shape index (κ3) is 4.07. The highest BCUT2D eigenvalue weighted by atomic mass is 35.5. The Balaban J connectivity index is 1.43. The van der Waals surface area contributed by atoms with Crippen LogP contribution in [-0.2, 0) is 9.59 Å². The number of methoxy groups -OCH3 is 1. The number of imide groups is 1. The predicted molar refractivity (Wildman–Crippen MR) is 112 cm³/mol. The zero-order valence-electron chi connectivity index (χ0n) is 15.6. The summed E-state index contributed by atoms with van der Waals surface area (Å²) in [5.74, 6) is 0.596. The Morgan fingerprint density at radius 2 is 2.03 bits per heavy atom. The van der Waals surface area contributed by atoms with Gasteiger partial charge in [-0.05, 0) is 53.7 Å². The van der Waals surface area contributed by atoms with Crippen molar-refractivity contribution in [1.82, 2.24) is 4.90 Å². The second-order valence-corrected chi connectivity index (χ2v) is 7.68. The molecule has 3 amide bonds. The predicted octanol–water partition coefficient (Wildman–Crippen LogP) is 3.75. The van der Waals surface area contributed by atoms with Gasteiger partial charge in [0.25, 0.3) is 11.1 Å². The van der Waals surface area contributed by atoms with Gasteiger partial charge in [-0.15, -0.1) is 0 Å². The lowest BCUT2D eigenvalue weighted by molar-refractivity contribution is -0.127. The molecule has 0 spiro atoms. The lowest BCUT2D eigenvalue weighted by atomic mass is 10.2. The van der Waals surface area contributed by atoms with Crippen molar-refractivity contribution >= 4 is 52.2 Å². The summed E-state index contributed by atoms with van der Waals surface area (Å²) in [4.78, 5) is 38.3. The molecule has 1 saturated heterocycles. The van der Waals surface area contributed by atoms with Gasteiger partial charge in [-0.25, -0.2) is 0 Å². The highest BCUT2D eigenvalue weighted by Crippen LogP contribution is 2.36. The van der Waals surface area contributed by atoms with Crippen molar-refractivity contribution in [3.05, 3.63) is 51.9 Å². The number of thioether (sulfide) groups is 1. The van der Waals surface area contributed by atoms with E-state index < -0.39 is 23.6 Å². The Hall–Kier alpha value is -3.17. The fraction of sp³-hybridized carbons (Fsp3) is 0.150. The van der Waals surface area contributed by atoms with Gasteiger partial charge >= 0.3 is 0 Å². The molecular weight excluding hydrogens is 432 g/mol. The van der Waals surface area contributed by atoms with Gasteiger partial charge in [0.05, 0.1) is 17.0 Å². The van der Waals surface area contributed by atoms with Crippen molar-refractivity contribution in [3.8, 4) is 17.2 Å². The van der Waals surface area contributed by atoms with Gasteiger partial charge in [0.15, 0.2) is 11.5 Å². The Kier molecular flexibility index (Phi) is 5.56. The molecule has 154 valence electrons. The molecule has 1 N–H and O–H groups in total. The smallest absolute Gasteiger partial charge is 0.294 e. The largest absolute Gasteiger partial charge is 0.495 e. The van der Waals surface area contributed by atoms with E-state index >= 15 is 0 Å². The van der Waals surface area contributed by atoms with Gasteiger partial charge in [0, 0.05) is 5.69 Å². The zero-order valence-corrected chi connectivity index (χ0v) is 17.2. The van der Waals surface area contributed by atoms with Crippen molar-refractivity contribution in [2.45, 2.75) is 0 Å². The lowest BCUT2D eigenvalue weighted by Crippen LogP contribution is -2.36. The first-order valence-corrected chi connectivity index (χ1v) is 9.92. The number of amides is 3. The molecule has 1 fully saturated rings. The quantitative estimate of drug-likeness (QED) is 0.699. The number of nitrogens with zero attached hydrogens (tertiary/aromatic N) is 1. The molecule has 0 aromatic heterocycles. The van der Waals surface area contributed by atoms with E-state index in [1.165, 1.54) is 13.2 Å². The lowest BCUT2D eigenvalue weighted by Gasteiger charge is -2.13. The van der Waals surface area contributed by atoms with Crippen LogP contribution in [-0.4, -0.2) is 42.4 Å². The SMILES string of the molecule is COc1ccc(NC(=O)CN2C(=O)SC(=Cc3ccc4c(c3)OCO4)C2=O)cc1Cl. The summed E-state index contributed by atoms with van der Waals surface area (Å²) >= 11 is 6.81. The van der Waals surface area contributed by atoms with Gasteiger partial charge in [0.1, 0.15) is 12.3 Å². The Morgan fingerprint density at radius 1 is 1.23 bits per heavy atom. The number of benzene rings is 2. The normalized spacial score (nSPS) is 16.3. The van der Waals surface area contributed by atoms with E-state index in [1.807, 2.05) is 0 Å². The standard InChI is InChI=1S/C20H15ClN2O6S/c1-27-14-5-3-12(8-13(14)21)22-18(24)9-23-19(25)17(30-20(23)26)7-11-2-4-15-16(6-11)29-10-28-15/h2-8H,9-10H2,1H3,(H,22,24). The van der Waals surface area contributed by atoms with Crippen LogP contribution in [0, 0.1) is 0 Å². The number of rotatable bonds is 5. The number of halogens is 1. The molecule has 0 unspecified atom stereocenters. The third-order valence-corrected chi connectivity index (χ3v) is 5.51. The summed E-state index contributed by atoms with van der Waals surface area (Å²) < 4.78 is 15.6. The minimum absolute atomic E-state index is 0.143. The van der Waals surface area contributed by atoms with E-state index in [0.717, 1.165) is 16.7 Å². The molecule has 0 aliphatic carbocycles. The number of carbonyl (C=O) groups is 3. The number of fused-ring (bicyclic) bond motifs is 1. The molecule has 2 aliphatic heterocycles. The van der Waals surface area contributed by atoms with Crippen LogP contribution in [0.1, 0.15) is 5.56 Å². The summed E-state index contributed by atoms with van der Waals surface area (Å²) in [6, 6.07) is 9.93. The average molecular weight is 447 g/mol. The molecule has 8 nitrogen and oxygen atoms in total. The van der Waals surface area contributed by atoms with Crippen LogP contribution in [0.25, 0.3) is 6.08 Å². The van der Waals surface area contributed by atoms with Gasteiger partial charge in [0.2, 0.25) is 12.7 Å². The number of anilines is 1. The van der Waals surface area contributed by atoms with E-state index in [0.29, 0.717) is 33.5 Å². The molecule has 2 aromatic carbocycles. The minimum Gasteiger partial charge on any atom is -0.495 e. The molecule has 10 heteroatoms. The van der Waals surface area contributed by atoms with Crippen LogP contribution in [0.5, 0.6) is 17.2 Å². The first kappa shape index (κ1) is 20.1. The van der Waals surface area contributed by atoms with E-state index in [-0.39, 0.29) is 11.7 Å². The number of hydrogen-bond acceptors (Lipinski definition) is 7. The first-order valence-electron chi connectivity index (χ1n) is 8.73. The maximum atomic E-state index is 12.6. The van der Waals surface area contributed by atoms with Gasteiger partial charge in [-0.1, -0.05) is 17.7 Å². The minimum atomic E-state index is -0.536. The van der Waals surface area contributed by atoms with Crippen molar-refractivity contribution in [2.75, 3.05) is 25.8 Å². The maximum absolute atomic E-state index is 12.6. The van der Waals surface area contributed by atoms with Crippen molar-refractivity contribution < 1.29 is 28.6 Å². The van der Waals surface area contributed by atoms with Crippen molar-refractivity contribution in [2.24, 2.45) is 0 Å². The first-order chi connectivity index (χ1) is 14.4. The van der Waals surface area contributed by atoms with Crippen molar-refractivity contribution in [1.29, 1.82) is 0 Å². The monoisotopic (exact) mass is 446 g/mol. The topological polar surface area (TPSA) is 94.2 Å². The number of hydrogen-bond donors (Lipinski definition) is 1. The summed E-state index contributed by atoms with van der Waals surface area (Å²) in [6.07, 6.45) is 1.58. The second-order valence-electron chi connectivity index (χ2n) is 6.28. The van der Waals surface area contributed by atoms with Crippen molar-refractivity contribution in [3.63, 3.8) is 0 Å². The molecule has 2 aromatic rings. The van der Waals surface area contributed by atoms with Crippen LogP contribution < -0.4 is 19.5 Å². The highest BCUT2D eigenvalue weighted by molar-refractivity contribution is 8.18. The van der Waals surface area contributed by atoms with Crippen LogP contribution in [0.3, 0.4) is 0 Å². The summed E-state index contributed by atoms with van der Waals surface area (Å²) in [5.41, 5.74) is 1.11. The molecular formula is C20H15ClN2O6S. The van der Waals surface area contributed by atoms with Crippen LogP contribution in [0.4, 0.5) is 10.5 Å². The molecule has 0 radical (unpaired) electrons. The van der Waals surface area contributed by atoms with Crippen LogP contribution in [0.2, 0.25) is 5.02 Å². The van der Waals surface area contributed by atoms with Gasteiger partial charge in [-0.3, -0.25) is 19.3 Å². The second kappa shape index (κ2) is 8.29. The van der Waals surface area contributed by atoms with E-state index in [1.54, 1.807) is 36.4 Å². The van der Waals surface area contributed by atoms with Gasteiger partial charge < -0.3 is 19.5 Å². The molecule has 30 heavy (non-hydrogen) atoms. The summed E-state index contributed by atoms with van der Waals surface area (Å²) in [5, 5.41) is 2.42. The molecule has 0 bridgehead atoms. The average Bonchev–Trinajstić information content (AvgIpc) is 3.28. The Morgan fingerprint density at radius 3 is 2.80 bits per heavy atom. The molecule has 4 rings (SSSR count). The zero-order chi connectivity index (χ0) is 21.3. The van der Waals surface area contributed by atoms with E-state index in [4.69, 9.17) is 25.8 Å². The third-order valence-electron chi connectivity index (χ3n) is 4.31. The Bertz CT molecular complexity index is 1090. The molecule has 0 saturated carbocycles. The molecule has 0 atom stereocenters. The van der Waals surface area contributed by atoms with E-state index in [9.17, 15) is 14.4 Å². The maximum Gasteiger partial charge on any atom is 0.294 e. The Labute approximate surface area is 180 Å². The number of carbonyl (C=O) groups excluding carboxylic acids is 3. The molecule has 2 heterocycles. The van der Waals surface area contributed by atoms with Gasteiger partial charge in [-0.2, -0.15) is 0 Å². The number of ether oxygens (including phenoxy) is 3. The van der Waals surface area contributed by atoms with Crippen LogP contribution >= 0.6 is 23.4 Å². The fourth-order valence-corrected chi connectivity index (χ4v) is 3.97. The molecule has 2 aliphatic rings. The van der Waals surface area contributed by atoms with Crippen LogP contribution in [0.15, 0.2) is 41.3 Å². The fourth-order valence-electron chi connectivity index (χ4n) is 2.88.